The highest BCUT2D eigenvalue weighted by Crippen LogP contribution is 2.23. The fourth-order valence-corrected chi connectivity index (χ4v) is 2.22. The third kappa shape index (κ3) is 3.07. The average Bonchev–Trinajstić information content (AvgIpc) is 2.37. The molecule has 1 aromatic carbocycles. The summed E-state index contributed by atoms with van der Waals surface area (Å²) >= 11 is 6.14. The molecule has 4 heteroatoms. The normalized spacial score (nSPS) is 12.4. The molecule has 18 heavy (non-hydrogen) atoms. The van der Waals surface area contributed by atoms with E-state index < -0.39 is 0 Å². The molecule has 0 saturated heterocycles. The van der Waals surface area contributed by atoms with Gasteiger partial charge in [0.15, 0.2) is 0 Å². The quantitative estimate of drug-likeness (QED) is 0.657. The second-order valence-corrected chi connectivity index (χ2v) is 4.69. The molecule has 0 spiro atoms. The maximum Gasteiger partial charge on any atom is 0.0775 e. The molecule has 1 aromatic heterocycles. The van der Waals surface area contributed by atoms with Crippen LogP contribution < -0.4 is 11.3 Å². The summed E-state index contributed by atoms with van der Waals surface area (Å²) in [7, 11) is 0. The first-order valence-electron chi connectivity index (χ1n) is 5.83. The van der Waals surface area contributed by atoms with E-state index in [1.54, 1.807) is 6.20 Å². The summed E-state index contributed by atoms with van der Waals surface area (Å²) in [5, 5.41) is 0.633. The molecule has 0 fully saturated rings. The Hall–Kier alpha value is -1.42. The monoisotopic (exact) mass is 261 g/mol. The fourth-order valence-electron chi connectivity index (χ4n) is 1.96. The van der Waals surface area contributed by atoms with Crippen LogP contribution in [0.2, 0.25) is 5.02 Å². The van der Waals surface area contributed by atoms with Crippen molar-refractivity contribution in [1.82, 2.24) is 10.4 Å². The Labute approximate surface area is 112 Å². The van der Waals surface area contributed by atoms with Gasteiger partial charge in [0, 0.05) is 6.20 Å². The van der Waals surface area contributed by atoms with Gasteiger partial charge in [0.2, 0.25) is 0 Å². The molecule has 94 valence electrons. The van der Waals surface area contributed by atoms with Crippen LogP contribution in [0.5, 0.6) is 0 Å². The van der Waals surface area contributed by atoms with Crippen LogP contribution in [0.4, 0.5) is 0 Å². The van der Waals surface area contributed by atoms with E-state index in [1.807, 2.05) is 18.2 Å². The Morgan fingerprint density at radius 2 is 2.17 bits per heavy atom. The first-order chi connectivity index (χ1) is 8.70. The smallest absolute Gasteiger partial charge is 0.0775 e. The molecule has 1 atom stereocenters. The Bertz CT molecular complexity index is 528. The zero-order chi connectivity index (χ0) is 13.0. The summed E-state index contributed by atoms with van der Waals surface area (Å²) in [6.45, 7) is 2.07. The topological polar surface area (TPSA) is 50.9 Å². The Kier molecular flexibility index (Phi) is 4.31. The average molecular weight is 262 g/mol. The lowest BCUT2D eigenvalue weighted by Gasteiger charge is -2.16. The molecule has 0 amide bonds. The summed E-state index contributed by atoms with van der Waals surface area (Å²) < 4.78 is 0. The highest BCUT2D eigenvalue weighted by molar-refractivity contribution is 6.31. The van der Waals surface area contributed by atoms with Crippen molar-refractivity contribution >= 4 is 11.6 Å². The Balaban J connectivity index is 2.23. The van der Waals surface area contributed by atoms with Crippen LogP contribution in [-0.2, 0) is 6.42 Å². The van der Waals surface area contributed by atoms with Gasteiger partial charge in [-0.2, -0.15) is 0 Å². The van der Waals surface area contributed by atoms with Gasteiger partial charge in [-0.25, -0.2) is 0 Å². The summed E-state index contributed by atoms with van der Waals surface area (Å²) in [5.41, 5.74) is 6.00. The molecular weight excluding hydrogens is 246 g/mol. The summed E-state index contributed by atoms with van der Waals surface area (Å²) in [6.07, 6.45) is 2.48. The molecule has 0 aliphatic heterocycles. The SMILES string of the molecule is Cc1cccc(CC(NN)c2ncccc2Cl)c1. The third-order valence-corrected chi connectivity index (χ3v) is 3.16. The number of rotatable bonds is 4. The van der Waals surface area contributed by atoms with E-state index in [0.29, 0.717) is 5.02 Å². The van der Waals surface area contributed by atoms with Gasteiger partial charge < -0.3 is 0 Å². The van der Waals surface area contributed by atoms with Crippen molar-refractivity contribution in [3.8, 4) is 0 Å². The van der Waals surface area contributed by atoms with E-state index in [0.717, 1.165) is 12.1 Å². The van der Waals surface area contributed by atoms with Gasteiger partial charge in [-0.1, -0.05) is 41.4 Å². The summed E-state index contributed by atoms with van der Waals surface area (Å²) in [4.78, 5) is 4.29. The lowest BCUT2D eigenvalue weighted by Crippen LogP contribution is -2.30. The summed E-state index contributed by atoms with van der Waals surface area (Å²) in [6, 6.07) is 11.9. The first-order valence-corrected chi connectivity index (χ1v) is 6.20. The van der Waals surface area contributed by atoms with Crippen molar-refractivity contribution in [3.63, 3.8) is 0 Å². The van der Waals surface area contributed by atoms with E-state index in [1.165, 1.54) is 11.1 Å². The molecule has 2 rings (SSSR count). The summed E-state index contributed by atoms with van der Waals surface area (Å²) in [5.74, 6) is 5.61. The highest BCUT2D eigenvalue weighted by Gasteiger charge is 2.15. The minimum atomic E-state index is -0.0829. The van der Waals surface area contributed by atoms with Crippen LogP contribution in [0.25, 0.3) is 0 Å². The maximum absolute atomic E-state index is 6.14. The van der Waals surface area contributed by atoms with Crippen LogP contribution in [0, 0.1) is 6.92 Å². The van der Waals surface area contributed by atoms with Crippen molar-refractivity contribution < 1.29 is 0 Å². The molecule has 3 N–H and O–H groups in total. The van der Waals surface area contributed by atoms with Crippen LogP contribution in [-0.4, -0.2) is 4.98 Å². The van der Waals surface area contributed by atoms with Gasteiger partial charge in [0.25, 0.3) is 0 Å². The number of benzene rings is 1. The highest BCUT2D eigenvalue weighted by atomic mass is 35.5. The number of nitrogens with one attached hydrogen (secondary N) is 1. The minimum Gasteiger partial charge on any atom is -0.271 e. The molecule has 0 saturated carbocycles. The largest absolute Gasteiger partial charge is 0.271 e. The molecular formula is C14H16ClN3. The van der Waals surface area contributed by atoms with Crippen LogP contribution in [0.15, 0.2) is 42.6 Å². The number of aromatic nitrogens is 1. The van der Waals surface area contributed by atoms with Crippen LogP contribution in [0.3, 0.4) is 0 Å². The lowest BCUT2D eigenvalue weighted by molar-refractivity contribution is 0.538. The standard InChI is InChI=1S/C14H16ClN3/c1-10-4-2-5-11(8-10)9-13(18-16)14-12(15)6-3-7-17-14/h2-8,13,18H,9,16H2,1H3. The van der Waals surface area contributed by atoms with Gasteiger partial charge in [-0.05, 0) is 31.0 Å². The van der Waals surface area contributed by atoms with E-state index in [4.69, 9.17) is 17.4 Å². The zero-order valence-corrected chi connectivity index (χ0v) is 11.0. The van der Waals surface area contributed by atoms with Gasteiger partial charge in [-0.15, -0.1) is 0 Å². The number of hydrazine groups is 1. The molecule has 1 heterocycles. The van der Waals surface area contributed by atoms with Crippen molar-refractivity contribution in [2.24, 2.45) is 5.84 Å². The maximum atomic E-state index is 6.14. The van der Waals surface area contributed by atoms with Gasteiger partial charge in [-0.3, -0.25) is 16.3 Å². The van der Waals surface area contributed by atoms with Crippen molar-refractivity contribution in [2.45, 2.75) is 19.4 Å². The second kappa shape index (κ2) is 5.96. The lowest BCUT2D eigenvalue weighted by atomic mass is 10.0. The van der Waals surface area contributed by atoms with Gasteiger partial charge >= 0.3 is 0 Å². The van der Waals surface area contributed by atoms with Crippen molar-refractivity contribution in [1.29, 1.82) is 0 Å². The predicted molar refractivity (Wildman–Crippen MR) is 74.2 cm³/mol. The zero-order valence-electron chi connectivity index (χ0n) is 10.2. The minimum absolute atomic E-state index is 0.0829. The van der Waals surface area contributed by atoms with Crippen molar-refractivity contribution in [3.05, 3.63) is 64.4 Å². The van der Waals surface area contributed by atoms with Crippen LogP contribution >= 0.6 is 11.6 Å². The Morgan fingerprint density at radius 3 is 2.83 bits per heavy atom. The molecule has 2 aromatic rings. The van der Waals surface area contributed by atoms with E-state index in [-0.39, 0.29) is 6.04 Å². The number of aryl methyl sites for hydroxylation is 1. The van der Waals surface area contributed by atoms with Crippen LogP contribution in [0.1, 0.15) is 22.9 Å². The predicted octanol–water partition coefficient (Wildman–Crippen LogP) is 2.79. The van der Waals surface area contributed by atoms with E-state index >= 15 is 0 Å². The first kappa shape index (κ1) is 13.0. The molecule has 0 aliphatic carbocycles. The number of hydrogen-bond acceptors (Lipinski definition) is 3. The molecule has 0 bridgehead atoms. The number of nitrogens with zero attached hydrogens (tertiary/aromatic N) is 1. The van der Waals surface area contributed by atoms with Gasteiger partial charge in [0.05, 0.1) is 16.8 Å². The Morgan fingerprint density at radius 1 is 1.33 bits per heavy atom. The fraction of sp³-hybridized carbons (Fsp3) is 0.214. The molecule has 0 aliphatic rings. The van der Waals surface area contributed by atoms with E-state index in [9.17, 15) is 0 Å². The number of hydrogen-bond donors (Lipinski definition) is 2. The van der Waals surface area contributed by atoms with Crippen molar-refractivity contribution in [2.75, 3.05) is 0 Å². The third-order valence-electron chi connectivity index (χ3n) is 2.84. The molecule has 3 nitrogen and oxygen atoms in total. The number of halogens is 1. The molecule has 0 radical (unpaired) electrons. The molecule has 1 unspecified atom stereocenters. The second-order valence-electron chi connectivity index (χ2n) is 4.28. The van der Waals surface area contributed by atoms with E-state index in [2.05, 4.69) is 35.5 Å². The number of pyridine rings is 1. The van der Waals surface area contributed by atoms with Gasteiger partial charge in [0.1, 0.15) is 0 Å². The number of nitrogens with two attached hydrogens (primary N) is 1.